The van der Waals surface area contributed by atoms with Crippen LogP contribution in [-0.4, -0.2) is 24.2 Å². The topological polar surface area (TPSA) is 57.7 Å². The molecule has 3 rings (SSSR count). The Kier molecular flexibility index (Phi) is 5.33. The average molecular weight is 389 g/mol. The summed E-state index contributed by atoms with van der Waals surface area (Å²) in [4.78, 5) is 15.9. The predicted octanol–water partition coefficient (Wildman–Crippen LogP) is 4.56. The van der Waals surface area contributed by atoms with Gasteiger partial charge in [-0.2, -0.15) is 0 Å². The summed E-state index contributed by atoms with van der Waals surface area (Å²) in [6.07, 6.45) is 2.08. The van der Waals surface area contributed by atoms with Crippen molar-refractivity contribution in [1.29, 1.82) is 0 Å². The van der Waals surface area contributed by atoms with E-state index in [0.717, 1.165) is 6.42 Å². The lowest BCUT2D eigenvalue weighted by Gasteiger charge is -2.12. The van der Waals surface area contributed by atoms with E-state index in [1.807, 2.05) is 0 Å². The van der Waals surface area contributed by atoms with Gasteiger partial charge in [-0.1, -0.05) is 34.8 Å². The SMILES string of the molecule is O=C(OCc1cc(Cl)c2c(c1)OCCCO2)c1cnc(Cl)c(Cl)c1. The van der Waals surface area contributed by atoms with Gasteiger partial charge in [0.25, 0.3) is 0 Å². The number of esters is 1. The zero-order valence-corrected chi connectivity index (χ0v) is 14.6. The molecular formula is C16H12Cl3NO4. The number of carbonyl (C=O) groups excluding carboxylic acids is 1. The molecule has 2 heterocycles. The molecule has 2 aromatic rings. The summed E-state index contributed by atoms with van der Waals surface area (Å²) in [7, 11) is 0. The number of carbonyl (C=O) groups is 1. The maximum absolute atomic E-state index is 12.1. The summed E-state index contributed by atoms with van der Waals surface area (Å²) in [5, 5.41) is 0.726. The third-order valence-electron chi connectivity index (χ3n) is 3.26. The Bertz CT molecular complexity index is 782. The lowest BCUT2D eigenvalue weighted by Crippen LogP contribution is -2.06. The van der Waals surface area contributed by atoms with Crippen LogP contribution in [0, 0.1) is 0 Å². The molecule has 0 saturated heterocycles. The predicted molar refractivity (Wildman–Crippen MR) is 90.4 cm³/mol. The second-order valence-electron chi connectivity index (χ2n) is 5.03. The van der Waals surface area contributed by atoms with Crippen molar-refractivity contribution in [3.05, 3.63) is 50.7 Å². The Morgan fingerprint density at radius 2 is 1.92 bits per heavy atom. The minimum atomic E-state index is -0.565. The highest BCUT2D eigenvalue weighted by Gasteiger charge is 2.17. The molecule has 0 unspecified atom stereocenters. The molecule has 1 aromatic heterocycles. The summed E-state index contributed by atoms with van der Waals surface area (Å²) in [5.41, 5.74) is 0.899. The van der Waals surface area contributed by atoms with Crippen LogP contribution in [0.15, 0.2) is 24.4 Å². The van der Waals surface area contributed by atoms with Gasteiger partial charge in [0.05, 0.1) is 28.8 Å². The number of aromatic nitrogens is 1. The summed E-state index contributed by atoms with van der Waals surface area (Å²) in [6.45, 7) is 1.11. The molecule has 0 aliphatic carbocycles. The highest BCUT2D eigenvalue weighted by molar-refractivity contribution is 6.41. The number of rotatable bonds is 3. The van der Waals surface area contributed by atoms with Crippen LogP contribution in [0.1, 0.15) is 22.3 Å². The van der Waals surface area contributed by atoms with Crippen molar-refractivity contribution < 1.29 is 19.0 Å². The van der Waals surface area contributed by atoms with Crippen LogP contribution in [0.3, 0.4) is 0 Å². The van der Waals surface area contributed by atoms with Gasteiger partial charge in [0.15, 0.2) is 11.5 Å². The lowest BCUT2D eigenvalue weighted by molar-refractivity contribution is 0.0472. The van der Waals surface area contributed by atoms with Gasteiger partial charge in [0.1, 0.15) is 11.8 Å². The Labute approximate surface area is 153 Å². The van der Waals surface area contributed by atoms with Crippen molar-refractivity contribution in [1.82, 2.24) is 4.98 Å². The fourth-order valence-electron chi connectivity index (χ4n) is 2.13. The van der Waals surface area contributed by atoms with E-state index in [2.05, 4.69) is 4.98 Å². The van der Waals surface area contributed by atoms with Gasteiger partial charge in [-0.15, -0.1) is 0 Å². The van der Waals surface area contributed by atoms with Crippen molar-refractivity contribution in [3.63, 3.8) is 0 Å². The molecule has 24 heavy (non-hydrogen) atoms. The van der Waals surface area contributed by atoms with Gasteiger partial charge in [-0.25, -0.2) is 9.78 Å². The first-order valence-corrected chi connectivity index (χ1v) is 8.24. The molecule has 0 saturated carbocycles. The maximum atomic E-state index is 12.1. The van der Waals surface area contributed by atoms with Gasteiger partial charge in [0.2, 0.25) is 0 Å². The number of fused-ring (bicyclic) bond motifs is 1. The van der Waals surface area contributed by atoms with Crippen molar-refractivity contribution in [2.75, 3.05) is 13.2 Å². The first kappa shape index (κ1) is 17.1. The van der Waals surface area contributed by atoms with E-state index in [0.29, 0.717) is 35.3 Å². The summed E-state index contributed by atoms with van der Waals surface area (Å²) < 4.78 is 16.4. The Hall–Kier alpha value is -1.69. The van der Waals surface area contributed by atoms with Crippen LogP contribution < -0.4 is 9.47 Å². The van der Waals surface area contributed by atoms with Crippen molar-refractivity contribution in [2.45, 2.75) is 13.0 Å². The van der Waals surface area contributed by atoms with Gasteiger partial charge < -0.3 is 14.2 Å². The molecular weight excluding hydrogens is 377 g/mol. The van der Waals surface area contributed by atoms with Crippen LogP contribution in [0.25, 0.3) is 0 Å². The van der Waals surface area contributed by atoms with Crippen molar-refractivity contribution >= 4 is 40.8 Å². The Morgan fingerprint density at radius 3 is 2.71 bits per heavy atom. The normalized spacial score (nSPS) is 13.3. The number of halogens is 3. The highest BCUT2D eigenvalue weighted by atomic mass is 35.5. The molecule has 1 aliphatic heterocycles. The molecule has 0 amide bonds. The minimum Gasteiger partial charge on any atom is -0.489 e. The number of hydrogen-bond donors (Lipinski definition) is 0. The smallest absolute Gasteiger partial charge is 0.340 e. The molecule has 0 fully saturated rings. The molecule has 8 heteroatoms. The summed E-state index contributed by atoms with van der Waals surface area (Å²) >= 11 is 17.8. The van der Waals surface area contributed by atoms with Crippen LogP contribution in [0.2, 0.25) is 15.2 Å². The van der Waals surface area contributed by atoms with Crippen molar-refractivity contribution in [3.8, 4) is 11.5 Å². The van der Waals surface area contributed by atoms with E-state index in [4.69, 9.17) is 49.0 Å². The quantitative estimate of drug-likeness (QED) is 0.570. The Morgan fingerprint density at radius 1 is 1.12 bits per heavy atom. The zero-order chi connectivity index (χ0) is 17.1. The second-order valence-corrected chi connectivity index (χ2v) is 6.20. The largest absolute Gasteiger partial charge is 0.489 e. The fourth-order valence-corrected chi connectivity index (χ4v) is 2.69. The van der Waals surface area contributed by atoms with E-state index < -0.39 is 5.97 Å². The lowest BCUT2D eigenvalue weighted by atomic mass is 10.2. The van der Waals surface area contributed by atoms with E-state index in [-0.39, 0.29) is 22.3 Å². The third kappa shape index (κ3) is 3.86. The first-order valence-electron chi connectivity index (χ1n) is 7.11. The van der Waals surface area contributed by atoms with E-state index in [1.54, 1.807) is 12.1 Å². The van der Waals surface area contributed by atoms with Crippen LogP contribution in [0.5, 0.6) is 11.5 Å². The fraction of sp³-hybridized carbons (Fsp3) is 0.250. The molecule has 1 aliphatic rings. The summed E-state index contributed by atoms with van der Waals surface area (Å²) in [5.74, 6) is 0.490. The van der Waals surface area contributed by atoms with Gasteiger partial charge in [-0.3, -0.25) is 0 Å². The molecule has 5 nitrogen and oxygen atoms in total. The van der Waals surface area contributed by atoms with Gasteiger partial charge in [-0.05, 0) is 23.8 Å². The van der Waals surface area contributed by atoms with Gasteiger partial charge >= 0.3 is 5.97 Å². The maximum Gasteiger partial charge on any atom is 0.340 e. The van der Waals surface area contributed by atoms with E-state index in [9.17, 15) is 4.79 Å². The van der Waals surface area contributed by atoms with Crippen LogP contribution in [-0.2, 0) is 11.3 Å². The van der Waals surface area contributed by atoms with Crippen LogP contribution in [0.4, 0.5) is 0 Å². The molecule has 0 N–H and O–H groups in total. The van der Waals surface area contributed by atoms with Crippen LogP contribution >= 0.6 is 34.8 Å². The number of hydrogen-bond acceptors (Lipinski definition) is 5. The molecule has 0 spiro atoms. The van der Waals surface area contributed by atoms with Crippen molar-refractivity contribution in [2.24, 2.45) is 0 Å². The molecule has 0 atom stereocenters. The molecule has 0 radical (unpaired) electrons. The van der Waals surface area contributed by atoms with Gasteiger partial charge in [0, 0.05) is 12.6 Å². The van der Waals surface area contributed by atoms with E-state index in [1.165, 1.54) is 12.3 Å². The first-order chi connectivity index (χ1) is 11.5. The summed E-state index contributed by atoms with van der Waals surface area (Å²) in [6, 6.07) is 4.82. The third-order valence-corrected chi connectivity index (χ3v) is 4.23. The number of ether oxygens (including phenoxy) is 3. The average Bonchev–Trinajstić information content (AvgIpc) is 2.81. The minimum absolute atomic E-state index is 0.0233. The number of nitrogens with zero attached hydrogens (tertiary/aromatic N) is 1. The molecule has 126 valence electrons. The molecule has 1 aromatic carbocycles. The highest BCUT2D eigenvalue weighted by Crippen LogP contribution is 2.38. The molecule has 0 bridgehead atoms. The zero-order valence-electron chi connectivity index (χ0n) is 12.4. The number of pyridine rings is 1. The standard InChI is InChI=1S/C16H12Cl3NO4/c17-11-4-9(5-13-14(11)23-3-1-2-22-13)8-24-16(21)10-6-12(18)15(19)20-7-10/h4-7H,1-3,8H2. The Balaban J connectivity index is 1.72. The number of benzene rings is 1. The van der Waals surface area contributed by atoms with E-state index >= 15 is 0 Å². The second kappa shape index (κ2) is 7.47. The monoisotopic (exact) mass is 387 g/mol.